The molecule has 0 fully saturated rings. The fourth-order valence-corrected chi connectivity index (χ4v) is 2.73. The molecule has 2 nitrogen and oxygen atoms in total. The van der Waals surface area contributed by atoms with Gasteiger partial charge in [-0.3, -0.25) is 4.21 Å². The Hall–Kier alpha value is -0.740. The van der Waals surface area contributed by atoms with E-state index in [4.69, 9.17) is 5.73 Å². The first kappa shape index (κ1) is 13.3. The Kier molecular flexibility index (Phi) is 5.09. The van der Waals surface area contributed by atoms with Gasteiger partial charge >= 0.3 is 0 Å². The third-order valence-corrected chi connectivity index (χ3v) is 4.31. The zero-order chi connectivity index (χ0) is 12.1. The minimum atomic E-state index is -1.35. The van der Waals surface area contributed by atoms with Gasteiger partial charge in [-0.2, -0.15) is 0 Å². The summed E-state index contributed by atoms with van der Waals surface area (Å²) in [6, 6.07) is 6.00. The average Bonchev–Trinajstić information content (AvgIpc) is 2.28. The topological polar surface area (TPSA) is 43.1 Å². The van der Waals surface area contributed by atoms with Gasteiger partial charge in [-0.15, -0.1) is 0 Å². The van der Waals surface area contributed by atoms with Crippen LogP contribution in [0, 0.1) is 11.7 Å². The number of rotatable bonds is 5. The van der Waals surface area contributed by atoms with E-state index in [9.17, 15) is 8.60 Å². The highest BCUT2D eigenvalue weighted by Crippen LogP contribution is 2.14. The molecule has 0 heterocycles. The first-order valence-corrected chi connectivity index (χ1v) is 6.76. The van der Waals surface area contributed by atoms with Crippen molar-refractivity contribution in [2.24, 2.45) is 11.7 Å². The largest absolute Gasteiger partial charge is 0.327 e. The maximum Gasteiger partial charge on any atom is 0.139 e. The second-order valence-corrected chi connectivity index (χ2v) is 5.46. The van der Waals surface area contributed by atoms with Crippen LogP contribution in [0.2, 0.25) is 0 Å². The van der Waals surface area contributed by atoms with Crippen LogP contribution in [-0.2, 0) is 10.8 Å². The predicted molar refractivity (Wildman–Crippen MR) is 65.1 cm³/mol. The van der Waals surface area contributed by atoms with Crippen molar-refractivity contribution in [2.75, 3.05) is 5.75 Å². The molecule has 0 aliphatic heterocycles. The number of nitrogens with two attached hydrogens (primary N) is 1. The average molecular weight is 243 g/mol. The van der Waals surface area contributed by atoms with Gasteiger partial charge in [-0.25, -0.2) is 4.39 Å². The molecule has 4 heteroatoms. The van der Waals surface area contributed by atoms with Crippen LogP contribution in [0.3, 0.4) is 0 Å². The van der Waals surface area contributed by atoms with E-state index in [0.717, 1.165) is 6.42 Å². The molecule has 0 bridgehead atoms. The summed E-state index contributed by atoms with van der Waals surface area (Å²) in [5, 5.41) is 0. The van der Waals surface area contributed by atoms with Crippen LogP contribution in [0.4, 0.5) is 4.39 Å². The highest BCUT2D eigenvalue weighted by atomic mass is 32.2. The Morgan fingerprint density at radius 1 is 1.44 bits per heavy atom. The van der Waals surface area contributed by atoms with Gasteiger partial charge in [0.15, 0.2) is 0 Å². The minimum absolute atomic E-state index is 0.148. The van der Waals surface area contributed by atoms with Gasteiger partial charge in [-0.1, -0.05) is 32.4 Å². The van der Waals surface area contributed by atoms with Gasteiger partial charge in [0.2, 0.25) is 0 Å². The summed E-state index contributed by atoms with van der Waals surface area (Å²) in [7, 11) is -1.35. The van der Waals surface area contributed by atoms with Crippen LogP contribution in [0.15, 0.2) is 29.2 Å². The summed E-state index contributed by atoms with van der Waals surface area (Å²) >= 11 is 0. The Labute approximate surface area is 98.5 Å². The van der Waals surface area contributed by atoms with Gasteiger partial charge in [0.05, 0.1) is 15.7 Å². The molecule has 0 amide bonds. The first-order chi connectivity index (χ1) is 7.56. The van der Waals surface area contributed by atoms with E-state index in [1.807, 2.05) is 13.8 Å². The second kappa shape index (κ2) is 6.11. The molecule has 0 aromatic heterocycles. The zero-order valence-electron chi connectivity index (χ0n) is 9.65. The summed E-state index contributed by atoms with van der Waals surface area (Å²) in [5.41, 5.74) is 5.90. The summed E-state index contributed by atoms with van der Waals surface area (Å²) < 4.78 is 25.2. The van der Waals surface area contributed by atoms with Crippen molar-refractivity contribution in [3.8, 4) is 0 Å². The van der Waals surface area contributed by atoms with Crippen LogP contribution in [0.5, 0.6) is 0 Å². The monoisotopic (exact) mass is 243 g/mol. The summed E-state index contributed by atoms with van der Waals surface area (Å²) in [4.78, 5) is 0.251. The maximum atomic E-state index is 13.3. The molecule has 1 aromatic carbocycles. The molecule has 3 unspecified atom stereocenters. The summed E-state index contributed by atoms with van der Waals surface area (Å²) in [5.74, 6) is 0.198. The summed E-state index contributed by atoms with van der Waals surface area (Å²) in [6.07, 6.45) is 0.940. The molecule has 0 spiro atoms. The van der Waals surface area contributed by atoms with Crippen molar-refractivity contribution in [1.29, 1.82) is 0 Å². The van der Waals surface area contributed by atoms with Gasteiger partial charge in [-0.05, 0) is 18.1 Å². The lowest BCUT2D eigenvalue weighted by molar-refractivity contribution is 0.471. The quantitative estimate of drug-likeness (QED) is 0.862. The van der Waals surface area contributed by atoms with Crippen LogP contribution < -0.4 is 5.73 Å². The number of hydrogen-bond donors (Lipinski definition) is 1. The highest BCUT2D eigenvalue weighted by Gasteiger charge is 2.17. The molecule has 90 valence electrons. The van der Waals surface area contributed by atoms with Crippen molar-refractivity contribution in [3.63, 3.8) is 0 Å². The molecule has 0 saturated heterocycles. The van der Waals surface area contributed by atoms with E-state index in [0.29, 0.717) is 11.7 Å². The van der Waals surface area contributed by atoms with E-state index in [-0.39, 0.29) is 10.9 Å². The normalized spacial score (nSPS) is 16.8. The van der Waals surface area contributed by atoms with E-state index < -0.39 is 16.6 Å². The lowest BCUT2D eigenvalue weighted by Crippen LogP contribution is -2.33. The third-order valence-electron chi connectivity index (χ3n) is 2.80. The Morgan fingerprint density at radius 2 is 2.06 bits per heavy atom. The Morgan fingerprint density at radius 3 is 2.62 bits per heavy atom. The first-order valence-electron chi connectivity index (χ1n) is 5.44. The standard InChI is InChI=1S/C12H18FNOS/c1-3-9(2)11(14)8-16(15)12-7-5-4-6-10(12)13/h4-7,9,11H,3,8,14H2,1-2H3. The van der Waals surface area contributed by atoms with Gasteiger partial charge in [0, 0.05) is 11.8 Å². The van der Waals surface area contributed by atoms with Gasteiger partial charge in [0.1, 0.15) is 5.82 Å². The van der Waals surface area contributed by atoms with Crippen molar-refractivity contribution in [2.45, 2.75) is 31.2 Å². The van der Waals surface area contributed by atoms with Crippen LogP contribution in [-0.4, -0.2) is 16.0 Å². The van der Waals surface area contributed by atoms with E-state index >= 15 is 0 Å². The van der Waals surface area contributed by atoms with E-state index in [2.05, 4.69) is 0 Å². The predicted octanol–water partition coefficient (Wildman–Crippen LogP) is 2.31. The number of benzene rings is 1. The van der Waals surface area contributed by atoms with Crippen LogP contribution in [0.1, 0.15) is 20.3 Å². The van der Waals surface area contributed by atoms with E-state index in [1.165, 1.54) is 6.07 Å². The Balaban J connectivity index is 2.70. The third kappa shape index (κ3) is 3.39. The summed E-state index contributed by atoms with van der Waals surface area (Å²) in [6.45, 7) is 4.06. The lowest BCUT2D eigenvalue weighted by Gasteiger charge is -2.17. The molecular weight excluding hydrogens is 225 g/mol. The number of hydrogen-bond acceptors (Lipinski definition) is 2. The molecule has 0 saturated carbocycles. The van der Waals surface area contributed by atoms with Gasteiger partial charge < -0.3 is 5.73 Å². The molecule has 16 heavy (non-hydrogen) atoms. The smallest absolute Gasteiger partial charge is 0.139 e. The molecule has 1 aromatic rings. The zero-order valence-corrected chi connectivity index (χ0v) is 10.5. The second-order valence-electron chi connectivity index (χ2n) is 3.99. The van der Waals surface area contributed by atoms with Crippen LogP contribution in [0.25, 0.3) is 0 Å². The molecule has 3 atom stereocenters. The van der Waals surface area contributed by atoms with Gasteiger partial charge in [0.25, 0.3) is 0 Å². The fourth-order valence-electron chi connectivity index (χ4n) is 1.36. The van der Waals surface area contributed by atoms with Crippen molar-refractivity contribution >= 4 is 10.8 Å². The molecular formula is C12H18FNOS. The molecule has 1 rings (SSSR count). The SMILES string of the molecule is CCC(C)C(N)CS(=O)c1ccccc1F. The minimum Gasteiger partial charge on any atom is -0.327 e. The van der Waals surface area contributed by atoms with Crippen molar-refractivity contribution < 1.29 is 8.60 Å². The molecule has 0 radical (unpaired) electrons. The van der Waals surface area contributed by atoms with Crippen LogP contribution >= 0.6 is 0 Å². The van der Waals surface area contributed by atoms with Crippen molar-refractivity contribution in [3.05, 3.63) is 30.1 Å². The lowest BCUT2D eigenvalue weighted by atomic mass is 10.0. The molecule has 0 aliphatic carbocycles. The molecule has 0 aliphatic rings. The van der Waals surface area contributed by atoms with Crippen molar-refractivity contribution in [1.82, 2.24) is 0 Å². The molecule has 2 N–H and O–H groups in total. The number of halogens is 1. The fraction of sp³-hybridized carbons (Fsp3) is 0.500. The Bertz CT molecular complexity index is 370. The highest BCUT2D eigenvalue weighted by molar-refractivity contribution is 7.85. The maximum absolute atomic E-state index is 13.3. The van der Waals surface area contributed by atoms with E-state index in [1.54, 1.807) is 18.2 Å².